The van der Waals surface area contributed by atoms with E-state index in [-0.39, 0.29) is 37.5 Å². The van der Waals surface area contributed by atoms with E-state index in [2.05, 4.69) is 122 Å². The van der Waals surface area contributed by atoms with Crippen LogP contribution in [0.5, 0.6) is 0 Å². The molecule has 0 aromatic rings. The number of hydrogen-bond donors (Lipinski definition) is 4. The average Bonchev–Trinajstić information content (AvgIpc) is 1.04. The minimum Gasteiger partial charge on any atom is -0.396 e. The summed E-state index contributed by atoms with van der Waals surface area (Å²) in [5.74, 6) is 9.57. The lowest BCUT2D eigenvalue weighted by molar-refractivity contribution is -0.171. The molecular formula is C86H171F8N3O9S. The summed E-state index contributed by atoms with van der Waals surface area (Å²) in [5.41, 5.74) is 0. The van der Waals surface area contributed by atoms with Gasteiger partial charge >= 0.3 is 12.6 Å². The maximum Gasteiger partial charge on any atom is 0.449 e. The highest BCUT2D eigenvalue weighted by Gasteiger charge is 2.37. The normalized spacial score (nSPS) is 14.0. The Labute approximate surface area is 655 Å². The number of carbonyl (C=O) groups is 3. The summed E-state index contributed by atoms with van der Waals surface area (Å²) in [7, 11) is -2.93. The fourth-order valence-electron chi connectivity index (χ4n) is 8.37. The largest absolute Gasteiger partial charge is 0.449 e. The lowest BCUT2D eigenvalue weighted by atomic mass is 9.80. The summed E-state index contributed by atoms with van der Waals surface area (Å²) in [4.78, 5) is 31.1. The molecule has 107 heavy (non-hydrogen) atoms. The average molecular weight is 1580 g/mol. The topological polar surface area (TPSA) is 169 Å². The molecule has 0 saturated heterocycles. The van der Waals surface area contributed by atoms with Crippen LogP contribution in [0.2, 0.25) is 0 Å². The van der Waals surface area contributed by atoms with Gasteiger partial charge in [-0.15, -0.1) is 23.7 Å². The first kappa shape index (κ1) is 125. The van der Waals surface area contributed by atoms with E-state index in [0.29, 0.717) is 69.9 Å². The lowest BCUT2D eigenvalue weighted by Gasteiger charge is -2.35. The lowest BCUT2D eigenvalue weighted by Crippen LogP contribution is -2.32. The van der Waals surface area contributed by atoms with Gasteiger partial charge in [0.15, 0.2) is 0 Å². The number of hydrogen-bond acceptors (Lipinski definition) is 9. The number of halogens is 8. The molecule has 21 heteroatoms. The Morgan fingerprint density at radius 3 is 1.50 bits per heavy atom. The van der Waals surface area contributed by atoms with Crippen LogP contribution in [-0.4, -0.2) is 126 Å². The summed E-state index contributed by atoms with van der Waals surface area (Å²) >= 11 is 0. The standard InChI is InChI=1S/C9H18O.C9H18.C7H11F3O.C7H13NO.C7H14.2C7H12.C6H12F2.C6H13F.C6H14O.C5H9F2NO.C5H13NO2S.C5H12O2/c1-4-8-5-9(6-8)10-7(2)3;1-2-3-6-9-7-4-5-8-9;1-2-3-4-5-6(11)7(8,9)10;1-2-5-8-7(9)6-3-4-6;3*1-3-5-7-6-4-2;1-3-5-6(7,8)4-2;1-3-5-6(7)4-2;1-3-5-6-7-4-2;1-2-3-8-5(9)4(6)7;1-3-5-6-9(7,8)4-2;1-2-7-5-3-4-6/h7-9H,4-6H2,1-3H3;9H,2-8H2,1H3;2-5H2,1H3;6H,2-5H2,1H3,(H,8,9);3,5H,4,6-7H2,1-2H3;3,5,7H2,1-2H3;3-5H2,1-2H3;3-5H2,1-2H3;6H,3-5H2,1-2H3;3-6H2,1-2H3;4H,2-3H2,1H3,(H,8,9);6H,3-5H2,1-2H3;6H,2-5H2,1H3/b;;;;5-3+;;;;;;;;. The number of nitrogens with one attached hydrogen (secondary N) is 3. The Morgan fingerprint density at radius 2 is 1.13 bits per heavy atom. The third-order valence-corrected chi connectivity index (χ3v) is 16.7. The van der Waals surface area contributed by atoms with Crippen molar-refractivity contribution < 1.29 is 77.2 Å². The smallest absolute Gasteiger partial charge is 0.396 e. The number of unbranched alkanes of at least 4 members (excludes halogenated alkanes) is 9. The summed E-state index contributed by atoms with van der Waals surface area (Å²) in [6.07, 6.45) is 34.8. The number of ether oxygens (including phenoxy) is 3. The van der Waals surface area contributed by atoms with Gasteiger partial charge in [-0.25, -0.2) is 26.3 Å². The Morgan fingerprint density at radius 1 is 0.598 bits per heavy atom. The van der Waals surface area contributed by atoms with Crippen molar-refractivity contribution in [2.75, 3.05) is 58.4 Å². The number of ketones is 1. The van der Waals surface area contributed by atoms with Gasteiger partial charge in [0.05, 0.1) is 24.1 Å². The molecule has 0 bridgehead atoms. The van der Waals surface area contributed by atoms with Crippen LogP contribution >= 0.6 is 0 Å². The number of carbonyl (C=O) groups excluding carboxylic acids is 3. The zero-order chi connectivity index (χ0) is 84.3. The SMILES string of the molecule is C/C=C/CCCC.CC#CCCCC.CCC#CCCC.CCC1CC(OC(C)C)C1.CCCC(F)(F)CC.CCCC(F)CC.CCCCC1CCCC1.CCCCCC(=O)C(F)(F)F.CCCCOCC.CCCNC(=O)C(F)F.CCCNC(=O)C1CC1.CCCNS(=O)(=O)CC.CCOCCCO. The van der Waals surface area contributed by atoms with E-state index < -0.39 is 46.4 Å². The van der Waals surface area contributed by atoms with Gasteiger partial charge in [0, 0.05) is 97.1 Å². The molecule has 0 spiro atoms. The first-order valence-corrected chi connectivity index (χ1v) is 43.7. The quantitative estimate of drug-likeness (QED) is 0.0202. The molecule has 646 valence electrons. The van der Waals surface area contributed by atoms with Crippen LogP contribution < -0.4 is 15.4 Å². The van der Waals surface area contributed by atoms with E-state index >= 15 is 0 Å². The van der Waals surface area contributed by atoms with Crippen LogP contribution in [0.15, 0.2) is 12.2 Å². The Balaban J connectivity index is -0.000000119. The molecule has 0 aliphatic heterocycles. The molecule has 0 radical (unpaired) electrons. The third-order valence-electron chi connectivity index (χ3n) is 15.3. The van der Waals surface area contributed by atoms with Gasteiger partial charge in [-0.1, -0.05) is 219 Å². The van der Waals surface area contributed by atoms with Crippen molar-refractivity contribution in [3.8, 4) is 23.7 Å². The molecular weight excluding hydrogens is 1400 g/mol. The molecule has 0 heterocycles. The zero-order valence-electron chi connectivity index (χ0n) is 72.9. The maximum absolute atomic E-state index is 12.2. The summed E-state index contributed by atoms with van der Waals surface area (Å²) in [5, 5.41) is 13.1. The van der Waals surface area contributed by atoms with E-state index in [9.17, 15) is 57.9 Å². The number of amides is 2. The minimum absolute atomic E-state index is 0.0269. The number of sulfonamides is 1. The van der Waals surface area contributed by atoms with Crippen LogP contribution in [0.4, 0.5) is 35.1 Å². The number of aliphatic hydroxyl groups is 1. The molecule has 1 unspecified atom stereocenters. The second-order valence-corrected chi connectivity index (χ2v) is 28.6. The fourth-order valence-corrected chi connectivity index (χ4v) is 9.09. The predicted molar refractivity (Wildman–Crippen MR) is 443 cm³/mol. The van der Waals surface area contributed by atoms with E-state index in [1.165, 1.54) is 122 Å². The molecule has 3 aliphatic rings. The minimum atomic E-state index is -4.63. The van der Waals surface area contributed by atoms with Gasteiger partial charge < -0.3 is 30.0 Å². The van der Waals surface area contributed by atoms with E-state index in [1.807, 2.05) is 53.8 Å². The summed E-state index contributed by atoms with van der Waals surface area (Å²) < 4.78 is 133. The van der Waals surface area contributed by atoms with E-state index in [4.69, 9.17) is 19.3 Å². The molecule has 0 aromatic heterocycles. The van der Waals surface area contributed by atoms with Gasteiger partial charge in [0.25, 0.3) is 5.91 Å². The molecule has 4 N–H and O–H groups in total. The predicted octanol–water partition coefficient (Wildman–Crippen LogP) is 25.4. The molecule has 12 nitrogen and oxygen atoms in total. The van der Waals surface area contributed by atoms with Crippen molar-refractivity contribution >= 4 is 27.6 Å². The second-order valence-electron chi connectivity index (χ2n) is 26.5. The Bertz CT molecular complexity index is 1980. The van der Waals surface area contributed by atoms with Crippen molar-refractivity contribution in [3.63, 3.8) is 0 Å². The highest BCUT2D eigenvalue weighted by Crippen LogP contribution is 2.33. The highest BCUT2D eigenvalue weighted by molar-refractivity contribution is 7.89. The molecule has 3 saturated carbocycles. The number of alkyl halides is 8. The van der Waals surface area contributed by atoms with Crippen LogP contribution in [0.3, 0.4) is 0 Å². The van der Waals surface area contributed by atoms with Gasteiger partial charge in [0.2, 0.25) is 27.6 Å². The van der Waals surface area contributed by atoms with Crippen molar-refractivity contribution in [2.24, 2.45) is 17.8 Å². The van der Waals surface area contributed by atoms with Gasteiger partial charge in [0.1, 0.15) is 0 Å². The van der Waals surface area contributed by atoms with Gasteiger partial charge in [-0.3, -0.25) is 14.4 Å². The number of aliphatic hydroxyl groups excluding tert-OH is 1. The molecule has 0 aromatic carbocycles. The Hall–Kier alpha value is -3.34. The molecule has 3 rings (SSSR count). The van der Waals surface area contributed by atoms with Crippen LogP contribution in [0, 0.1) is 41.4 Å². The first-order valence-electron chi connectivity index (χ1n) is 42.1. The summed E-state index contributed by atoms with van der Waals surface area (Å²) in [6.45, 7) is 49.1. The maximum atomic E-state index is 12.2. The van der Waals surface area contributed by atoms with Gasteiger partial charge in [-0.2, -0.15) is 22.0 Å². The van der Waals surface area contributed by atoms with E-state index in [0.717, 1.165) is 109 Å². The zero-order valence-corrected chi connectivity index (χ0v) is 73.7. The first-order chi connectivity index (χ1) is 50.8. The summed E-state index contributed by atoms with van der Waals surface area (Å²) in [6, 6.07) is 0. The molecule has 3 fully saturated rings. The third kappa shape index (κ3) is 124. The molecule has 2 amide bonds. The van der Waals surface area contributed by atoms with Gasteiger partial charge in [-0.05, 0) is 157 Å². The van der Waals surface area contributed by atoms with Crippen LogP contribution in [-0.2, 0) is 38.6 Å². The van der Waals surface area contributed by atoms with Crippen LogP contribution in [0.1, 0.15) is 390 Å². The Kier molecular flexibility index (Phi) is 117. The van der Waals surface area contributed by atoms with E-state index in [1.54, 1.807) is 20.8 Å². The fraction of sp³-hybridized carbons (Fsp3) is 0.895. The number of Topliss-reactive ketones (excluding diaryl/α,β-unsaturated/α-hetero) is 1. The van der Waals surface area contributed by atoms with Crippen molar-refractivity contribution in [1.82, 2.24) is 15.4 Å². The molecule has 1 atom stereocenters. The number of rotatable bonds is 40. The monoisotopic (exact) mass is 1570 g/mol. The second kappa shape index (κ2) is 101. The highest BCUT2D eigenvalue weighted by atomic mass is 32.2. The van der Waals surface area contributed by atoms with Crippen LogP contribution in [0.25, 0.3) is 0 Å². The number of allylic oxidation sites excluding steroid dienone is 2. The molecule has 3 aliphatic carbocycles. The van der Waals surface area contributed by atoms with Crippen molar-refractivity contribution in [3.05, 3.63) is 12.2 Å². The van der Waals surface area contributed by atoms with Crippen molar-refractivity contribution in [2.45, 2.75) is 427 Å². The van der Waals surface area contributed by atoms with Crippen molar-refractivity contribution in [1.29, 1.82) is 0 Å².